The minimum atomic E-state index is -0.336. The fourth-order valence-corrected chi connectivity index (χ4v) is 2.93. The number of benzene rings is 1. The van der Waals surface area contributed by atoms with Gasteiger partial charge < -0.3 is 20.7 Å². The Morgan fingerprint density at radius 1 is 1.15 bits per heavy atom. The lowest BCUT2D eigenvalue weighted by Gasteiger charge is -2.16. The predicted octanol–water partition coefficient (Wildman–Crippen LogP) is 3.29. The van der Waals surface area contributed by atoms with E-state index in [-0.39, 0.29) is 42.2 Å². The van der Waals surface area contributed by atoms with Crippen molar-refractivity contribution in [1.29, 1.82) is 0 Å². The van der Waals surface area contributed by atoms with E-state index in [2.05, 4.69) is 20.9 Å². The third-order valence-corrected chi connectivity index (χ3v) is 4.32. The first-order chi connectivity index (χ1) is 12.7. The van der Waals surface area contributed by atoms with Gasteiger partial charge in [-0.05, 0) is 37.1 Å². The number of ether oxygens (including phenoxy) is 1. The molecule has 3 N–H and O–H groups in total. The summed E-state index contributed by atoms with van der Waals surface area (Å²) in [6.07, 6.45) is 7.81. The lowest BCUT2D eigenvalue weighted by molar-refractivity contribution is -0.115. The molecule has 1 saturated carbocycles. The van der Waals surface area contributed by atoms with Crippen LogP contribution in [0.25, 0.3) is 0 Å². The number of hydrogen-bond acceptors (Lipinski definition) is 3. The molecule has 1 aliphatic carbocycles. The normalized spacial score (nSPS) is 15.4. The molecule has 0 unspecified atom stereocenters. The monoisotopic (exact) mass is 492 g/mol. The molecule has 0 saturated heterocycles. The SMILES string of the molecule is CN=C(NCCOC1CCCCCC1)NCC(=O)Nc1ccc(F)cc1.I. The van der Waals surface area contributed by atoms with Crippen LogP contribution in [0.5, 0.6) is 0 Å². The van der Waals surface area contributed by atoms with Gasteiger partial charge in [-0.25, -0.2) is 4.39 Å². The number of halogens is 2. The van der Waals surface area contributed by atoms with E-state index in [4.69, 9.17) is 4.74 Å². The van der Waals surface area contributed by atoms with Crippen molar-refractivity contribution in [2.75, 3.05) is 32.1 Å². The van der Waals surface area contributed by atoms with Crippen LogP contribution in [0.3, 0.4) is 0 Å². The molecule has 152 valence electrons. The first kappa shape index (κ1) is 23.6. The zero-order valence-electron chi connectivity index (χ0n) is 15.8. The second kappa shape index (κ2) is 13.7. The van der Waals surface area contributed by atoms with Crippen LogP contribution >= 0.6 is 24.0 Å². The smallest absolute Gasteiger partial charge is 0.243 e. The van der Waals surface area contributed by atoms with Gasteiger partial charge in [0.05, 0.1) is 19.3 Å². The van der Waals surface area contributed by atoms with E-state index in [1.807, 2.05) is 0 Å². The maximum atomic E-state index is 12.9. The number of aliphatic imine (C=N–C) groups is 1. The average molecular weight is 492 g/mol. The fourth-order valence-electron chi connectivity index (χ4n) is 2.93. The van der Waals surface area contributed by atoms with Gasteiger partial charge in [-0.3, -0.25) is 9.79 Å². The van der Waals surface area contributed by atoms with Crippen LogP contribution in [-0.2, 0) is 9.53 Å². The van der Waals surface area contributed by atoms with Crippen LogP contribution < -0.4 is 16.0 Å². The summed E-state index contributed by atoms with van der Waals surface area (Å²) in [5.74, 6) is -0.0187. The number of rotatable bonds is 7. The van der Waals surface area contributed by atoms with E-state index in [0.717, 1.165) is 12.8 Å². The van der Waals surface area contributed by atoms with Crippen molar-refractivity contribution in [3.63, 3.8) is 0 Å². The largest absolute Gasteiger partial charge is 0.376 e. The summed E-state index contributed by atoms with van der Waals surface area (Å²) < 4.78 is 18.8. The van der Waals surface area contributed by atoms with Gasteiger partial charge in [0.2, 0.25) is 5.91 Å². The summed E-state index contributed by atoms with van der Waals surface area (Å²) in [7, 11) is 1.65. The number of nitrogens with one attached hydrogen (secondary N) is 3. The number of carbonyl (C=O) groups is 1. The quantitative estimate of drug-likeness (QED) is 0.180. The van der Waals surface area contributed by atoms with E-state index in [9.17, 15) is 9.18 Å². The van der Waals surface area contributed by atoms with Gasteiger partial charge in [0.1, 0.15) is 5.82 Å². The van der Waals surface area contributed by atoms with Crippen molar-refractivity contribution in [1.82, 2.24) is 10.6 Å². The minimum Gasteiger partial charge on any atom is -0.376 e. The molecule has 8 heteroatoms. The maximum Gasteiger partial charge on any atom is 0.243 e. The van der Waals surface area contributed by atoms with Gasteiger partial charge >= 0.3 is 0 Å². The van der Waals surface area contributed by atoms with E-state index in [1.165, 1.54) is 49.9 Å². The Kier molecular flexibility index (Phi) is 12.0. The molecule has 1 aromatic carbocycles. The van der Waals surface area contributed by atoms with E-state index >= 15 is 0 Å². The molecule has 0 bridgehead atoms. The van der Waals surface area contributed by atoms with Gasteiger partial charge in [0, 0.05) is 19.3 Å². The van der Waals surface area contributed by atoms with Crippen LogP contribution in [-0.4, -0.2) is 44.7 Å². The Balaban J connectivity index is 0.00000364. The second-order valence-electron chi connectivity index (χ2n) is 6.39. The van der Waals surface area contributed by atoms with Gasteiger partial charge in [-0.2, -0.15) is 0 Å². The van der Waals surface area contributed by atoms with E-state index in [1.54, 1.807) is 7.05 Å². The van der Waals surface area contributed by atoms with Crippen molar-refractivity contribution < 1.29 is 13.9 Å². The molecule has 6 nitrogen and oxygen atoms in total. The van der Waals surface area contributed by atoms with Crippen LogP contribution in [0.1, 0.15) is 38.5 Å². The molecular weight excluding hydrogens is 462 g/mol. The third-order valence-electron chi connectivity index (χ3n) is 4.32. The number of amides is 1. The molecule has 0 spiro atoms. The average Bonchev–Trinajstić information content (AvgIpc) is 2.92. The lowest BCUT2D eigenvalue weighted by Crippen LogP contribution is -2.42. The van der Waals surface area contributed by atoms with Gasteiger partial charge in [-0.15, -0.1) is 24.0 Å². The minimum absolute atomic E-state index is 0. The topological polar surface area (TPSA) is 74.8 Å². The summed E-state index contributed by atoms with van der Waals surface area (Å²) in [5.41, 5.74) is 0.554. The standard InChI is InChI=1S/C19H29FN4O2.HI/c1-21-19(22-12-13-26-17-6-4-2-3-5-7-17)23-14-18(25)24-16-10-8-15(20)9-11-16;/h8-11,17H,2-7,12-14H2,1H3,(H,24,25)(H2,21,22,23);1H. The highest BCUT2D eigenvalue weighted by Crippen LogP contribution is 2.19. The lowest BCUT2D eigenvalue weighted by atomic mass is 10.1. The number of carbonyl (C=O) groups excluding carboxylic acids is 1. The zero-order valence-corrected chi connectivity index (χ0v) is 18.1. The Morgan fingerprint density at radius 3 is 2.44 bits per heavy atom. The summed E-state index contributed by atoms with van der Waals surface area (Å²) in [5, 5.41) is 8.77. The molecule has 27 heavy (non-hydrogen) atoms. The Bertz CT molecular complexity index is 576. The van der Waals surface area contributed by atoms with Crippen molar-refractivity contribution in [2.24, 2.45) is 4.99 Å². The van der Waals surface area contributed by atoms with Crippen molar-refractivity contribution >= 4 is 41.5 Å². The number of nitrogens with zero attached hydrogens (tertiary/aromatic N) is 1. The first-order valence-electron chi connectivity index (χ1n) is 9.29. The molecule has 1 aliphatic rings. The Hall–Kier alpha value is -1.42. The summed E-state index contributed by atoms with van der Waals surface area (Å²) in [4.78, 5) is 16.0. The highest BCUT2D eigenvalue weighted by Gasteiger charge is 2.12. The van der Waals surface area contributed by atoms with Gasteiger partial charge in [0.25, 0.3) is 0 Å². The van der Waals surface area contributed by atoms with Gasteiger partial charge in [0.15, 0.2) is 5.96 Å². The summed E-state index contributed by atoms with van der Waals surface area (Å²) >= 11 is 0. The van der Waals surface area contributed by atoms with Crippen LogP contribution in [0.2, 0.25) is 0 Å². The Labute approximate surface area is 177 Å². The third kappa shape index (κ3) is 9.90. The summed E-state index contributed by atoms with van der Waals surface area (Å²) in [6, 6.07) is 5.64. The van der Waals surface area contributed by atoms with Crippen molar-refractivity contribution in [3.05, 3.63) is 30.1 Å². The second-order valence-corrected chi connectivity index (χ2v) is 6.39. The summed E-state index contributed by atoms with van der Waals surface area (Å²) in [6.45, 7) is 1.32. The molecule has 2 rings (SSSR count). The van der Waals surface area contributed by atoms with Gasteiger partial charge in [-0.1, -0.05) is 25.7 Å². The van der Waals surface area contributed by atoms with Crippen LogP contribution in [0.4, 0.5) is 10.1 Å². The highest BCUT2D eigenvalue weighted by molar-refractivity contribution is 14.0. The molecule has 0 aromatic heterocycles. The molecule has 1 amide bonds. The fraction of sp³-hybridized carbons (Fsp3) is 0.579. The van der Waals surface area contributed by atoms with Crippen molar-refractivity contribution in [2.45, 2.75) is 44.6 Å². The maximum absolute atomic E-state index is 12.9. The molecule has 0 atom stereocenters. The Morgan fingerprint density at radius 2 is 1.81 bits per heavy atom. The molecule has 1 fully saturated rings. The highest BCUT2D eigenvalue weighted by atomic mass is 127. The van der Waals surface area contributed by atoms with E-state index in [0.29, 0.717) is 30.9 Å². The number of guanidine groups is 1. The molecule has 0 aliphatic heterocycles. The molecule has 0 heterocycles. The van der Waals surface area contributed by atoms with Crippen LogP contribution in [0, 0.1) is 5.82 Å². The molecule has 1 aromatic rings. The number of hydrogen-bond donors (Lipinski definition) is 3. The molecule has 0 radical (unpaired) electrons. The molecular formula is C19H30FIN4O2. The van der Waals surface area contributed by atoms with Crippen LogP contribution in [0.15, 0.2) is 29.3 Å². The first-order valence-corrected chi connectivity index (χ1v) is 9.29. The number of anilines is 1. The zero-order chi connectivity index (χ0) is 18.6. The predicted molar refractivity (Wildman–Crippen MR) is 117 cm³/mol. The van der Waals surface area contributed by atoms with Crippen molar-refractivity contribution in [3.8, 4) is 0 Å². The van der Waals surface area contributed by atoms with E-state index < -0.39 is 0 Å².